The first kappa shape index (κ1) is 40.8. The van der Waals surface area contributed by atoms with Crippen LogP contribution in [0.3, 0.4) is 0 Å². The summed E-state index contributed by atoms with van der Waals surface area (Å²) >= 11 is 0. The van der Waals surface area contributed by atoms with Crippen molar-refractivity contribution in [2.75, 3.05) is 30.4 Å². The van der Waals surface area contributed by atoms with E-state index in [1.54, 1.807) is 6.92 Å². The van der Waals surface area contributed by atoms with E-state index >= 15 is 4.39 Å². The fourth-order valence-electron chi connectivity index (χ4n) is 8.04. The molecule has 1 aromatic heterocycles. The van der Waals surface area contributed by atoms with E-state index in [1.807, 2.05) is 13.8 Å². The zero-order valence-corrected chi connectivity index (χ0v) is 33.4. The van der Waals surface area contributed by atoms with Crippen molar-refractivity contribution in [3.05, 3.63) is 94.1 Å². The Morgan fingerprint density at radius 3 is 2.35 bits per heavy atom. The fraction of sp³-hybridized carbons (Fsp3) is 0.422. The minimum atomic E-state index is -0.623. The molecule has 1 atom stereocenters. The molecule has 2 N–H and O–H groups in total. The van der Waals surface area contributed by atoms with Crippen LogP contribution in [0.15, 0.2) is 59.1 Å². The maximum atomic E-state index is 15.5. The van der Waals surface area contributed by atoms with Crippen LogP contribution in [0.25, 0.3) is 11.1 Å². The number of anilines is 3. The molecule has 1 unspecified atom stereocenters. The summed E-state index contributed by atoms with van der Waals surface area (Å²) < 4.78 is 21.0. The van der Waals surface area contributed by atoms with E-state index in [2.05, 4.69) is 76.1 Å². The molecule has 3 amide bonds. The standard InChI is InChI=1S/C45H51FN6O5/c1-28-6-12-34(43-30(3)50-57-31(43)4)21-41(28)52(37-15-13-36(14-16-37)45(26-47)18-19-45)24-33-10-8-32(9-11-33)23-48-40-20-35(25-53)38(22-39(40)46)44(56)51(5)29(2)7-17-42(55)49-27-54/h6,12-16,20-22,25,27,29,32-33,48H,7-11,17-19,23-24H2,1-5H3,(H,49,54,55). The van der Waals surface area contributed by atoms with Crippen LogP contribution in [0.2, 0.25) is 0 Å². The van der Waals surface area contributed by atoms with E-state index < -0.39 is 23.7 Å². The minimum absolute atomic E-state index is 0.0336. The van der Waals surface area contributed by atoms with Gasteiger partial charge in [-0.05, 0) is 131 Å². The van der Waals surface area contributed by atoms with E-state index in [4.69, 9.17) is 4.52 Å². The summed E-state index contributed by atoms with van der Waals surface area (Å²) in [6.45, 7) is 9.09. The molecule has 2 saturated carbocycles. The lowest BCUT2D eigenvalue weighted by atomic mass is 9.81. The van der Waals surface area contributed by atoms with Gasteiger partial charge >= 0.3 is 0 Å². The number of aryl methyl sites for hydroxylation is 3. The van der Waals surface area contributed by atoms with Crippen LogP contribution in [0.4, 0.5) is 21.5 Å². The Bertz CT molecular complexity index is 2140. The Morgan fingerprint density at radius 2 is 1.74 bits per heavy atom. The molecule has 2 aliphatic carbocycles. The monoisotopic (exact) mass is 774 g/mol. The van der Waals surface area contributed by atoms with Gasteiger partial charge in [0, 0.05) is 55.1 Å². The van der Waals surface area contributed by atoms with Gasteiger partial charge < -0.3 is 19.6 Å². The molecule has 0 spiro atoms. The van der Waals surface area contributed by atoms with Crippen molar-refractivity contribution in [3.8, 4) is 17.2 Å². The predicted octanol–water partition coefficient (Wildman–Crippen LogP) is 8.34. The third-order valence-corrected chi connectivity index (χ3v) is 12.0. The molecule has 4 aromatic rings. The van der Waals surface area contributed by atoms with Gasteiger partial charge in [-0.25, -0.2) is 4.39 Å². The van der Waals surface area contributed by atoms with Gasteiger partial charge in [-0.3, -0.25) is 24.5 Å². The number of imide groups is 1. The molecule has 1 heterocycles. The number of amides is 3. The average molecular weight is 775 g/mol. The van der Waals surface area contributed by atoms with Crippen LogP contribution >= 0.6 is 0 Å². The number of carbonyl (C=O) groups is 4. The topological polar surface area (TPSA) is 149 Å². The molecule has 2 fully saturated rings. The molecule has 0 bridgehead atoms. The number of benzene rings is 3. The third kappa shape index (κ3) is 9.09. The smallest absolute Gasteiger partial charge is 0.254 e. The number of hydrogen-bond donors (Lipinski definition) is 2. The first-order valence-corrected chi connectivity index (χ1v) is 19.7. The summed E-state index contributed by atoms with van der Waals surface area (Å²) in [6, 6.07) is 19.6. The molecule has 3 aromatic carbocycles. The maximum Gasteiger partial charge on any atom is 0.254 e. The first-order chi connectivity index (χ1) is 27.4. The number of hydrogen-bond acceptors (Lipinski definition) is 9. The van der Waals surface area contributed by atoms with Gasteiger partial charge in [0.15, 0.2) is 6.29 Å². The van der Waals surface area contributed by atoms with E-state index in [0.717, 1.165) is 96.2 Å². The van der Waals surface area contributed by atoms with Crippen molar-refractivity contribution >= 4 is 41.6 Å². The van der Waals surface area contributed by atoms with Gasteiger partial charge in [-0.2, -0.15) is 5.26 Å². The zero-order chi connectivity index (χ0) is 40.9. The van der Waals surface area contributed by atoms with Crippen LogP contribution in [0, 0.1) is 49.8 Å². The van der Waals surface area contributed by atoms with Gasteiger partial charge in [0.2, 0.25) is 12.3 Å². The molecule has 11 nitrogen and oxygen atoms in total. The third-order valence-electron chi connectivity index (χ3n) is 12.0. The van der Waals surface area contributed by atoms with E-state index in [1.165, 1.54) is 18.0 Å². The molecule has 2 aliphatic rings. The van der Waals surface area contributed by atoms with Crippen molar-refractivity contribution in [1.82, 2.24) is 15.4 Å². The van der Waals surface area contributed by atoms with E-state index in [0.29, 0.717) is 31.1 Å². The second kappa shape index (κ2) is 17.5. The maximum absolute atomic E-state index is 15.5. The molecular weight excluding hydrogens is 724 g/mol. The van der Waals surface area contributed by atoms with Gasteiger partial charge in [0.1, 0.15) is 11.6 Å². The molecular formula is C45H51FN6O5. The van der Waals surface area contributed by atoms with Gasteiger partial charge in [-0.15, -0.1) is 0 Å². The van der Waals surface area contributed by atoms with Gasteiger partial charge in [0.25, 0.3) is 5.91 Å². The molecule has 298 valence electrons. The first-order valence-electron chi connectivity index (χ1n) is 19.7. The number of nitriles is 1. The van der Waals surface area contributed by atoms with Crippen molar-refractivity contribution in [2.45, 2.75) is 90.5 Å². The lowest BCUT2D eigenvalue weighted by molar-refractivity contribution is -0.125. The number of nitrogens with one attached hydrogen (secondary N) is 2. The molecule has 0 radical (unpaired) electrons. The van der Waals surface area contributed by atoms with E-state index in [-0.39, 0.29) is 35.1 Å². The largest absolute Gasteiger partial charge is 0.382 e. The summed E-state index contributed by atoms with van der Waals surface area (Å²) in [5.74, 6) is -0.143. The quantitative estimate of drug-likeness (QED) is 0.107. The van der Waals surface area contributed by atoms with Gasteiger partial charge in [-0.1, -0.05) is 29.4 Å². The number of rotatable bonds is 16. The fourth-order valence-corrected chi connectivity index (χ4v) is 8.04. The normalized spacial score (nSPS) is 17.5. The molecule has 0 saturated heterocycles. The minimum Gasteiger partial charge on any atom is -0.382 e. The van der Waals surface area contributed by atoms with E-state index in [9.17, 15) is 24.4 Å². The number of aromatic nitrogens is 1. The van der Waals surface area contributed by atoms with Crippen LogP contribution in [0.1, 0.15) is 102 Å². The number of halogens is 1. The van der Waals surface area contributed by atoms with Gasteiger partial charge in [0.05, 0.1) is 28.4 Å². The Kier molecular flexibility index (Phi) is 12.6. The van der Waals surface area contributed by atoms with Crippen molar-refractivity contribution in [1.29, 1.82) is 5.26 Å². The number of nitrogens with zero attached hydrogens (tertiary/aromatic N) is 4. The Morgan fingerprint density at radius 1 is 1.04 bits per heavy atom. The van der Waals surface area contributed by atoms with Crippen molar-refractivity contribution < 1.29 is 28.1 Å². The van der Waals surface area contributed by atoms with Crippen molar-refractivity contribution in [3.63, 3.8) is 0 Å². The SMILES string of the molecule is Cc1ccc(-c2c(C)noc2C)cc1N(CC1CCC(CNc2cc(C=O)c(C(=O)N(C)C(C)CCC(=O)NC=O)cc2F)CC1)c1ccc(C2(C#N)CC2)cc1. The zero-order valence-electron chi connectivity index (χ0n) is 33.4. The Hall–Kier alpha value is -5.83. The predicted molar refractivity (Wildman–Crippen MR) is 217 cm³/mol. The summed E-state index contributed by atoms with van der Waals surface area (Å²) in [4.78, 5) is 51.3. The Balaban J connectivity index is 1.12. The summed E-state index contributed by atoms with van der Waals surface area (Å²) in [6.07, 6.45) is 6.83. The Labute approximate surface area is 333 Å². The second-order valence-electron chi connectivity index (χ2n) is 15.8. The highest BCUT2D eigenvalue weighted by Gasteiger charge is 2.44. The lowest BCUT2D eigenvalue weighted by Crippen LogP contribution is -2.36. The van der Waals surface area contributed by atoms with Crippen LogP contribution in [-0.2, 0) is 15.0 Å². The van der Waals surface area contributed by atoms with Crippen LogP contribution in [-0.4, -0.2) is 60.7 Å². The number of aldehydes is 1. The highest BCUT2D eigenvalue weighted by molar-refractivity contribution is 6.02. The van der Waals surface area contributed by atoms with Crippen molar-refractivity contribution in [2.24, 2.45) is 11.8 Å². The van der Waals surface area contributed by atoms with Crippen LogP contribution in [0.5, 0.6) is 0 Å². The number of carbonyl (C=O) groups excluding carboxylic acids is 4. The summed E-state index contributed by atoms with van der Waals surface area (Å²) in [7, 11) is 1.53. The molecule has 57 heavy (non-hydrogen) atoms. The summed E-state index contributed by atoms with van der Waals surface area (Å²) in [5, 5.41) is 19.3. The van der Waals surface area contributed by atoms with Crippen LogP contribution < -0.4 is 15.5 Å². The lowest BCUT2D eigenvalue weighted by Gasteiger charge is -2.35. The average Bonchev–Trinajstić information content (AvgIpc) is 3.95. The highest BCUT2D eigenvalue weighted by atomic mass is 19.1. The molecule has 0 aliphatic heterocycles. The molecule has 6 rings (SSSR count). The molecule has 12 heteroatoms. The second-order valence-corrected chi connectivity index (χ2v) is 15.8. The highest BCUT2D eigenvalue weighted by Crippen LogP contribution is 2.48. The summed E-state index contributed by atoms with van der Waals surface area (Å²) in [5.41, 5.74) is 7.12.